The molecule has 3 aromatic rings. The summed E-state index contributed by atoms with van der Waals surface area (Å²) in [6, 6.07) is 17.2. The molecule has 4 rings (SSSR count). The second kappa shape index (κ2) is 6.13. The van der Waals surface area contributed by atoms with Crippen molar-refractivity contribution in [2.75, 3.05) is 0 Å². The third kappa shape index (κ3) is 2.95. The van der Waals surface area contributed by atoms with Gasteiger partial charge >= 0.3 is 5.97 Å². The number of fused-ring (bicyclic) bond motifs is 1. The van der Waals surface area contributed by atoms with Crippen molar-refractivity contribution in [1.82, 2.24) is 0 Å². The van der Waals surface area contributed by atoms with Crippen molar-refractivity contribution in [2.45, 2.75) is 0 Å². The highest BCUT2D eigenvalue weighted by molar-refractivity contribution is 6.14. The topological polar surface area (TPSA) is 65.7 Å². The number of carbonyl (C=O) groups excluding carboxylic acids is 2. The second-order valence-electron chi connectivity index (χ2n) is 5.38. The van der Waals surface area contributed by atoms with Gasteiger partial charge in [-0.1, -0.05) is 30.3 Å². The highest BCUT2D eigenvalue weighted by Crippen LogP contribution is 2.35. The minimum atomic E-state index is -0.616. The third-order valence-corrected chi connectivity index (χ3v) is 3.67. The Balaban J connectivity index is 1.57. The summed E-state index contributed by atoms with van der Waals surface area (Å²) in [5, 5.41) is 0. The van der Waals surface area contributed by atoms with Crippen LogP contribution in [0.2, 0.25) is 0 Å². The third-order valence-electron chi connectivity index (χ3n) is 3.67. The number of benzene rings is 2. The van der Waals surface area contributed by atoms with E-state index in [2.05, 4.69) is 0 Å². The van der Waals surface area contributed by atoms with Crippen LogP contribution in [-0.4, -0.2) is 11.8 Å². The lowest BCUT2D eigenvalue weighted by molar-refractivity contribution is 0.0701. The first kappa shape index (κ1) is 15.0. The summed E-state index contributed by atoms with van der Waals surface area (Å²) >= 11 is 0. The molecule has 2 heterocycles. The first-order chi connectivity index (χ1) is 12.2. The van der Waals surface area contributed by atoms with E-state index in [1.807, 2.05) is 30.3 Å². The average Bonchev–Trinajstić information content (AvgIpc) is 3.25. The summed E-state index contributed by atoms with van der Waals surface area (Å²) in [7, 11) is 0. The normalized spacial score (nSPS) is 14.2. The molecule has 0 fully saturated rings. The molecule has 0 spiro atoms. The molecule has 5 heteroatoms. The van der Waals surface area contributed by atoms with E-state index in [0.717, 1.165) is 5.56 Å². The van der Waals surface area contributed by atoms with Gasteiger partial charge in [0.25, 0.3) is 0 Å². The Labute approximate surface area is 143 Å². The largest absolute Gasteiger partial charge is 0.457 e. The van der Waals surface area contributed by atoms with E-state index < -0.39 is 5.97 Å². The van der Waals surface area contributed by atoms with Gasteiger partial charge < -0.3 is 13.9 Å². The quantitative estimate of drug-likeness (QED) is 0.410. The molecule has 0 aliphatic carbocycles. The fourth-order valence-electron chi connectivity index (χ4n) is 2.48. The van der Waals surface area contributed by atoms with Crippen LogP contribution in [-0.2, 0) is 0 Å². The molecule has 0 atom stereocenters. The fraction of sp³-hybridized carbons (Fsp3) is 0. The molecular weight excluding hydrogens is 320 g/mol. The number of rotatable bonds is 3. The molecule has 1 aliphatic heterocycles. The zero-order valence-corrected chi connectivity index (χ0v) is 13.0. The van der Waals surface area contributed by atoms with Gasteiger partial charge in [-0.15, -0.1) is 0 Å². The molecule has 0 radical (unpaired) electrons. The summed E-state index contributed by atoms with van der Waals surface area (Å²) in [4.78, 5) is 24.3. The lowest BCUT2D eigenvalue weighted by Gasteiger charge is -2.04. The number of ether oxygens (including phenoxy) is 2. The SMILES string of the molecule is O=C(Oc1ccc2c(c1)OC(=Cc1ccccc1)C2=O)c1ccco1. The van der Waals surface area contributed by atoms with E-state index in [4.69, 9.17) is 13.9 Å². The number of furan rings is 1. The van der Waals surface area contributed by atoms with Gasteiger partial charge in [0.2, 0.25) is 11.5 Å². The first-order valence-electron chi connectivity index (χ1n) is 7.60. The zero-order chi connectivity index (χ0) is 17.2. The second-order valence-corrected chi connectivity index (χ2v) is 5.38. The Kier molecular flexibility index (Phi) is 3.67. The van der Waals surface area contributed by atoms with E-state index in [-0.39, 0.29) is 23.1 Å². The van der Waals surface area contributed by atoms with E-state index in [0.29, 0.717) is 11.3 Å². The van der Waals surface area contributed by atoms with Crippen molar-refractivity contribution < 1.29 is 23.5 Å². The lowest BCUT2D eigenvalue weighted by atomic mass is 10.1. The predicted octanol–water partition coefficient (Wildman–Crippen LogP) is 4.12. The summed E-state index contributed by atoms with van der Waals surface area (Å²) < 4.78 is 15.9. The van der Waals surface area contributed by atoms with Crippen LogP contribution in [0.4, 0.5) is 0 Å². The van der Waals surface area contributed by atoms with Crippen LogP contribution in [0.15, 0.2) is 77.1 Å². The maximum Gasteiger partial charge on any atom is 0.379 e. The maximum atomic E-state index is 12.4. The predicted molar refractivity (Wildman–Crippen MR) is 89.5 cm³/mol. The molecule has 0 N–H and O–H groups in total. The van der Waals surface area contributed by atoms with Crippen molar-refractivity contribution in [3.8, 4) is 11.5 Å². The van der Waals surface area contributed by atoms with Gasteiger partial charge in [-0.25, -0.2) is 4.79 Å². The van der Waals surface area contributed by atoms with E-state index in [9.17, 15) is 9.59 Å². The van der Waals surface area contributed by atoms with Gasteiger partial charge in [-0.2, -0.15) is 0 Å². The number of esters is 1. The van der Waals surface area contributed by atoms with Crippen molar-refractivity contribution in [2.24, 2.45) is 0 Å². The van der Waals surface area contributed by atoms with Crippen LogP contribution in [0.5, 0.6) is 11.5 Å². The Morgan fingerprint density at radius 2 is 1.84 bits per heavy atom. The molecule has 1 aliphatic rings. The van der Waals surface area contributed by atoms with Crippen LogP contribution in [0, 0.1) is 0 Å². The van der Waals surface area contributed by atoms with E-state index in [1.165, 1.54) is 18.4 Å². The summed E-state index contributed by atoms with van der Waals surface area (Å²) in [6.45, 7) is 0. The molecule has 122 valence electrons. The van der Waals surface area contributed by atoms with Crippen molar-refractivity contribution in [3.05, 3.63) is 89.6 Å². The van der Waals surface area contributed by atoms with Crippen molar-refractivity contribution in [1.29, 1.82) is 0 Å². The monoisotopic (exact) mass is 332 g/mol. The molecular formula is C20H12O5. The molecule has 1 aromatic heterocycles. The molecule has 2 aromatic carbocycles. The summed E-state index contributed by atoms with van der Waals surface area (Å²) in [5.74, 6) is 0.140. The van der Waals surface area contributed by atoms with Gasteiger partial charge in [0.1, 0.15) is 11.5 Å². The van der Waals surface area contributed by atoms with Gasteiger partial charge in [0, 0.05) is 6.07 Å². The number of Topliss-reactive ketones (excluding diaryl/α,β-unsaturated/α-hetero) is 1. The maximum absolute atomic E-state index is 12.4. The van der Waals surface area contributed by atoms with E-state index >= 15 is 0 Å². The average molecular weight is 332 g/mol. The van der Waals surface area contributed by atoms with Gasteiger partial charge in [0.05, 0.1) is 11.8 Å². The summed E-state index contributed by atoms with van der Waals surface area (Å²) in [5.41, 5.74) is 1.29. The number of hydrogen-bond donors (Lipinski definition) is 0. The zero-order valence-electron chi connectivity index (χ0n) is 13.0. The van der Waals surface area contributed by atoms with Crippen LogP contribution >= 0.6 is 0 Å². The minimum absolute atomic E-state index is 0.0992. The lowest BCUT2D eigenvalue weighted by Crippen LogP contribution is -2.07. The molecule has 0 amide bonds. The van der Waals surface area contributed by atoms with E-state index in [1.54, 1.807) is 24.3 Å². The molecule has 0 saturated carbocycles. The van der Waals surface area contributed by atoms with Crippen molar-refractivity contribution in [3.63, 3.8) is 0 Å². The van der Waals surface area contributed by atoms with Crippen LogP contribution in [0.1, 0.15) is 26.5 Å². The Bertz CT molecular complexity index is 969. The number of ketones is 1. The fourth-order valence-corrected chi connectivity index (χ4v) is 2.48. The Hall–Kier alpha value is -3.60. The van der Waals surface area contributed by atoms with Crippen LogP contribution in [0.3, 0.4) is 0 Å². The van der Waals surface area contributed by atoms with Crippen molar-refractivity contribution >= 4 is 17.8 Å². The van der Waals surface area contributed by atoms with Crippen LogP contribution < -0.4 is 9.47 Å². The highest BCUT2D eigenvalue weighted by atomic mass is 16.5. The molecule has 25 heavy (non-hydrogen) atoms. The molecule has 0 unspecified atom stereocenters. The van der Waals surface area contributed by atoms with Gasteiger partial charge in [0.15, 0.2) is 5.76 Å². The summed E-state index contributed by atoms with van der Waals surface area (Å²) in [6.07, 6.45) is 3.07. The molecule has 0 bridgehead atoms. The first-order valence-corrected chi connectivity index (χ1v) is 7.60. The van der Waals surface area contributed by atoms with Gasteiger partial charge in [-0.3, -0.25) is 4.79 Å². The smallest absolute Gasteiger partial charge is 0.379 e. The number of carbonyl (C=O) groups is 2. The molecule has 5 nitrogen and oxygen atoms in total. The Morgan fingerprint density at radius 3 is 2.60 bits per heavy atom. The number of hydrogen-bond acceptors (Lipinski definition) is 5. The standard InChI is InChI=1S/C20H12O5/c21-19-15-9-8-14(24-20(22)16-7-4-10-23-16)12-17(15)25-18(19)11-13-5-2-1-3-6-13/h1-12H. The highest BCUT2D eigenvalue weighted by Gasteiger charge is 2.28. The number of allylic oxidation sites excluding steroid dienone is 1. The Morgan fingerprint density at radius 1 is 1.00 bits per heavy atom. The van der Waals surface area contributed by atoms with Gasteiger partial charge in [-0.05, 0) is 35.9 Å². The minimum Gasteiger partial charge on any atom is -0.457 e. The van der Waals surface area contributed by atoms with Crippen LogP contribution in [0.25, 0.3) is 6.08 Å². The molecule has 0 saturated heterocycles.